The fraction of sp³-hybridized carbons (Fsp3) is 0.800. The molecule has 2 N–H and O–H groups in total. The third-order valence-corrected chi connectivity index (χ3v) is 4.97. The highest BCUT2D eigenvalue weighted by atomic mass is 16.5. The maximum atomic E-state index is 5.98. The van der Waals surface area contributed by atoms with Gasteiger partial charge in [0.1, 0.15) is 5.76 Å². The van der Waals surface area contributed by atoms with Crippen LogP contribution in [0.5, 0.6) is 0 Å². The molecule has 1 aliphatic rings. The predicted molar refractivity (Wildman–Crippen MR) is 106 cm³/mol. The lowest BCUT2D eigenvalue weighted by Gasteiger charge is -2.22. The van der Waals surface area contributed by atoms with Gasteiger partial charge in [0.25, 0.3) is 0 Å². The average molecular weight is 365 g/mol. The van der Waals surface area contributed by atoms with Gasteiger partial charge in [0.15, 0.2) is 5.96 Å². The van der Waals surface area contributed by atoms with Crippen molar-refractivity contribution in [1.82, 2.24) is 15.8 Å². The summed E-state index contributed by atoms with van der Waals surface area (Å²) in [7, 11) is 0. The molecular weight excluding hydrogens is 328 g/mol. The van der Waals surface area contributed by atoms with Crippen molar-refractivity contribution in [2.45, 2.75) is 78.2 Å². The van der Waals surface area contributed by atoms with Gasteiger partial charge in [0.05, 0.1) is 11.8 Å². The zero-order valence-electron chi connectivity index (χ0n) is 16.9. The van der Waals surface area contributed by atoms with Gasteiger partial charge in [0.2, 0.25) is 0 Å². The molecule has 0 amide bonds. The second kappa shape index (κ2) is 11.2. The van der Waals surface area contributed by atoms with Crippen molar-refractivity contribution in [1.29, 1.82) is 0 Å². The fourth-order valence-corrected chi connectivity index (χ4v) is 3.62. The maximum absolute atomic E-state index is 5.98. The number of aryl methyl sites for hydroxylation is 2. The fourth-order valence-electron chi connectivity index (χ4n) is 3.62. The number of rotatable bonds is 9. The maximum Gasteiger partial charge on any atom is 0.191 e. The second-order valence-electron chi connectivity index (χ2n) is 7.27. The van der Waals surface area contributed by atoms with Gasteiger partial charge in [-0.05, 0) is 40.0 Å². The van der Waals surface area contributed by atoms with Crippen LogP contribution in [0.2, 0.25) is 0 Å². The third-order valence-electron chi connectivity index (χ3n) is 4.97. The predicted octanol–water partition coefficient (Wildman–Crippen LogP) is 3.69. The van der Waals surface area contributed by atoms with E-state index >= 15 is 0 Å². The van der Waals surface area contributed by atoms with Gasteiger partial charge in [-0.1, -0.05) is 31.3 Å². The Morgan fingerprint density at radius 1 is 1.27 bits per heavy atom. The number of hydrogen-bond acceptors (Lipinski definition) is 4. The van der Waals surface area contributed by atoms with Crippen molar-refractivity contribution in [3.05, 3.63) is 17.0 Å². The van der Waals surface area contributed by atoms with Crippen molar-refractivity contribution < 1.29 is 9.26 Å². The van der Waals surface area contributed by atoms with Crippen LogP contribution in [-0.2, 0) is 4.74 Å². The first-order chi connectivity index (χ1) is 12.6. The van der Waals surface area contributed by atoms with Gasteiger partial charge in [0, 0.05) is 37.7 Å². The van der Waals surface area contributed by atoms with Gasteiger partial charge < -0.3 is 19.9 Å². The van der Waals surface area contributed by atoms with Crippen LogP contribution < -0.4 is 10.6 Å². The summed E-state index contributed by atoms with van der Waals surface area (Å²) in [6.45, 7) is 11.5. The summed E-state index contributed by atoms with van der Waals surface area (Å²) in [4.78, 5) is 4.72. The Hall–Kier alpha value is -1.56. The minimum atomic E-state index is 0.284. The Morgan fingerprint density at radius 3 is 2.69 bits per heavy atom. The molecule has 0 spiro atoms. The molecule has 1 heterocycles. The standard InChI is InChI=1S/C20H36N4O2/c1-5-21-20(22-12-9-13-25-18-10-7-6-8-11-18)23-14-15(2)19-16(3)24-26-17(19)4/h15,18H,5-14H2,1-4H3,(H2,21,22,23). The number of aliphatic imine (C=N–C) groups is 1. The summed E-state index contributed by atoms with van der Waals surface area (Å²) in [6.07, 6.45) is 7.97. The monoisotopic (exact) mass is 364 g/mol. The van der Waals surface area contributed by atoms with E-state index in [2.05, 4.69) is 29.6 Å². The molecule has 6 heteroatoms. The van der Waals surface area contributed by atoms with Crippen molar-refractivity contribution in [3.63, 3.8) is 0 Å². The van der Waals surface area contributed by atoms with Crippen LogP contribution in [0.1, 0.15) is 75.3 Å². The molecule has 26 heavy (non-hydrogen) atoms. The Kier molecular flexibility index (Phi) is 8.95. The van der Waals surface area contributed by atoms with Crippen LogP contribution in [0, 0.1) is 13.8 Å². The molecule has 2 rings (SSSR count). The summed E-state index contributed by atoms with van der Waals surface area (Å²) < 4.78 is 11.2. The number of aromatic nitrogens is 1. The lowest BCUT2D eigenvalue weighted by Crippen LogP contribution is -2.38. The topological polar surface area (TPSA) is 71.7 Å². The number of hydrogen-bond donors (Lipinski definition) is 2. The van der Waals surface area contributed by atoms with Crippen LogP contribution in [0.4, 0.5) is 0 Å². The highest BCUT2D eigenvalue weighted by Crippen LogP contribution is 2.23. The Bertz CT molecular complexity index is 531. The Balaban J connectivity index is 1.72. The number of nitrogens with one attached hydrogen (secondary N) is 2. The molecule has 1 atom stereocenters. The molecule has 0 radical (unpaired) electrons. The molecule has 0 saturated heterocycles. The van der Waals surface area contributed by atoms with E-state index in [0.717, 1.165) is 43.5 Å². The number of guanidine groups is 1. The van der Waals surface area contributed by atoms with E-state index in [1.165, 1.54) is 37.7 Å². The molecule has 1 aliphatic carbocycles. The molecule has 0 bridgehead atoms. The zero-order chi connectivity index (χ0) is 18.8. The molecule has 0 aromatic carbocycles. The molecule has 6 nitrogen and oxygen atoms in total. The van der Waals surface area contributed by atoms with Crippen LogP contribution in [0.25, 0.3) is 0 Å². The first kappa shape index (κ1) is 20.7. The third kappa shape index (κ3) is 6.63. The van der Waals surface area contributed by atoms with Crippen LogP contribution in [-0.4, -0.2) is 43.5 Å². The van der Waals surface area contributed by atoms with E-state index in [-0.39, 0.29) is 5.92 Å². The van der Waals surface area contributed by atoms with E-state index in [4.69, 9.17) is 14.3 Å². The van der Waals surface area contributed by atoms with Crippen molar-refractivity contribution in [2.75, 3.05) is 26.2 Å². The average Bonchev–Trinajstić information content (AvgIpc) is 2.98. The lowest BCUT2D eigenvalue weighted by atomic mass is 9.98. The molecule has 1 fully saturated rings. The van der Waals surface area contributed by atoms with Gasteiger partial charge in [-0.25, -0.2) is 0 Å². The summed E-state index contributed by atoms with van der Waals surface area (Å²) in [5.74, 6) is 2.04. The van der Waals surface area contributed by atoms with Gasteiger partial charge in [-0.3, -0.25) is 4.99 Å². The lowest BCUT2D eigenvalue weighted by molar-refractivity contribution is 0.0277. The summed E-state index contributed by atoms with van der Waals surface area (Å²) >= 11 is 0. The minimum absolute atomic E-state index is 0.284. The molecule has 1 saturated carbocycles. The molecule has 1 aromatic rings. The minimum Gasteiger partial charge on any atom is -0.378 e. The molecule has 1 unspecified atom stereocenters. The molecule has 1 aromatic heterocycles. The van der Waals surface area contributed by atoms with E-state index in [1.807, 2.05) is 13.8 Å². The molecule has 148 valence electrons. The van der Waals surface area contributed by atoms with Gasteiger partial charge in [-0.2, -0.15) is 0 Å². The highest BCUT2D eigenvalue weighted by Gasteiger charge is 2.16. The Labute approximate surface area is 158 Å². The summed E-state index contributed by atoms with van der Waals surface area (Å²) in [5.41, 5.74) is 2.13. The van der Waals surface area contributed by atoms with Crippen LogP contribution in [0.3, 0.4) is 0 Å². The van der Waals surface area contributed by atoms with Crippen LogP contribution >= 0.6 is 0 Å². The first-order valence-corrected chi connectivity index (χ1v) is 10.2. The molecular formula is C20H36N4O2. The molecule has 0 aliphatic heterocycles. The second-order valence-corrected chi connectivity index (χ2v) is 7.27. The van der Waals surface area contributed by atoms with E-state index < -0.39 is 0 Å². The van der Waals surface area contributed by atoms with Crippen molar-refractivity contribution >= 4 is 5.96 Å². The SMILES string of the molecule is CCNC(=NCC(C)c1c(C)noc1C)NCCCOC1CCCCC1. The van der Waals surface area contributed by atoms with Crippen molar-refractivity contribution in [3.8, 4) is 0 Å². The number of ether oxygens (including phenoxy) is 1. The normalized spacial score (nSPS) is 17.3. The number of nitrogens with zero attached hydrogens (tertiary/aromatic N) is 2. The largest absolute Gasteiger partial charge is 0.378 e. The van der Waals surface area contributed by atoms with E-state index in [0.29, 0.717) is 12.6 Å². The Morgan fingerprint density at radius 2 is 2.04 bits per heavy atom. The van der Waals surface area contributed by atoms with E-state index in [1.54, 1.807) is 0 Å². The van der Waals surface area contributed by atoms with Gasteiger partial charge in [-0.15, -0.1) is 0 Å². The first-order valence-electron chi connectivity index (χ1n) is 10.2. The quantitative estimate of drug-likeness (QED) is 0.397. The summed E-state index contributed by atoms with van der Waals surface area (Å²) in [6, 6.07) is 0. The smallest absolute Gasteiger partial charge is 0.191 e. The summed E-state index contributed by atoms with van der Waals surface area (Å²) in [5, 5.41) is 10.8. The van der Waals surface area contributed by atoms with Gasteiger partial charge >= 0.3 is 0 Å². The van der Waals surface area contributed by atoms with E-state index in [9.17, 15) is 0 Å². The van der Waals surface area contributed by atoms with Crippen LogP contribution in [0.15, 0.2) is 9.52 Å². The van der Waals surface area contributed by atoms with Crippen molar-refractivity contribution in [2.24, 2.45) is 4.99 Å². The highest BCUT2D eigenvalue weighted by molar-refractivity contribution is 5.79. The zero-order valence-corrected chi connectivity index (χ0v) is 16.9.